The van der Waals surface area contributed by atoms with Crippen LogP contribution < -0.4 is 14.2 Å². The second kappa shape index (κ2) is 19.4. The zero-order valence-corrected chi connectivity index (χ0v) is 31.4. The Bertz CT molecular complexity index is 2070. The number of hydrogen-bond donors (Lipinski definition) is 3. The van der Waals surface area contributed by atoms with E-state index in [9.17, 15) is 0 Å². The van der Waals surface area contributed by atoms with Crippen LogP contribution in [0.25, 0.3) is 45.9 Å². The molecule has 8 nitrogen and oxygen atoms in total. The fraction of sp³-hybridized carbons (Fsp3) is 0.333. The lowest BCUT2D eigenvalue weighted by atomic mass is 10.0. The third-order valence-corrected chi connectivity index (χ3v) is 9.00. The van der Waals surface area contributed by atoms with Crippen LogP contribution in [0.3, 0.4) is 0 Å². The third kappa shape index (κ3) is 10.8. The van der Waals surface area contributed by atoms with Gasteiger partial charge >= 0.3 is 0 Å². The topological polar surface area (TPSA) is 101 Å². The van der Waals surface area contributed by atoms with Crippen molar-refractivity contribution in [2.24, 2.45) is 0 Å². The molecule has 0 radical (unpaired) electrons. The van der Waals surface area contributed by atoms with Crippen LogP contribution in [0.15, 0.2) is 85.2 Å². The molecule has 8 bridgehead atoms. The lowest BCUT2D eigenvalue weighted by Crippen LogP contribution is -2.07. The van der Waals surface area contributed by atoms with Gasteiger partial charge < -0.3 is 29.2 Å². The summed E-state index contributed by atoms with van der Waals surface area (Å²) in [6, 6.07) is 24.7. The van der Waals surface area contributed by atoms with E-state index in [4.69, 9.17) is 24.2 Å². The van der Waals surface area contributed by atoms with E-state index < -0.39 is 0 Å². The quantitative estimate of drug-likeness (QED) is 0.0866. The first-order valence-electron chi connectivity index (χ1n) is 19.3. The molecule has 3 N–H and O–H groups in total. The molecule has 6 heterocycles. The predicted molar refractivity (Wildman–Crippen MR) is 219 cm³/mol. The summed E-state index contributed by atoms with van der Waals surface area (Å²) in [6.45, 7) is 8.50. The molecule has 276 valence electrons. The van der Waals surface area contributed by atoms with E-state index in [0.717, 1.165) is 125 Å². The van der Waals surface area contributed by atoms with Crippen molar-refractivity contribution in [2.45, 2.75) is 78.6 Å². The largest absolute Gasteiger partial charge is 0.490 e. The molecule has 0 unspecified atom stereocenters. The molecular formula is C45H53N5O3. The van der Waals surface area contributed by atoms with Crippen molar-refractivity contribution >= 4 is 45.9 Å². The van der Waals surface area contributed by atoms with Crippen LogP contribution in [0.4, 0.5) is 0 Å². The van der Waals surface area contributed by atoms with Crippen LogP contribution in [0.5, 0.6) is 17.2 Å². The molecule has 0 atom stereocenters. The number of benzene rings is 1. The van der Waals surface area contributed by atoms with Gasteiger partial charge in [0.05, 0.1) is 42.6 Å². The number of aromatic amines is 3. The van der Waals surface area contributed by atoms with Crippen molar-refractivity contribution in [3.63, 3.8) is 0 Å². The SMILES string of the molecule is CCCCCOc1cc(C2=Cc3cc4ccc(cc5ccc(cc6nc(cc2n3)C=C6)[nH]5)[nH]4)cc(OCCCCC)c1OCCCCC.c1cc[nH]c1. The molecule has 0 saturated heterocycles. The molecule has 5 aromatic rings. The summed E-state index contributed by atoms with van der Waals surface area (Å²) in [4.78, 5) is 19.8. The Balaban J connectivity index is 0.000000887. The summed E-state index contributed by atoms with van der Waals surface area (Å²) >= 11 is 0. The number of nitrogens with one attached hydrogen (secondary N) is 3. The minimum absolute atomic E-state index is 0.625. The zero-order chi connectivity index (χ0) is 36.7. The minimum atomic E-state index is 0.625. The van der Waals surface area contributed by atoms with Gasteiger partial charge in [0.2, 0.25) is 5.75 Å². The predicted octanol–water partition coefficient (Wildman–Crippen LogP) is 11.8. The highest BCUT2D eigenvalue weighted by atomic mass is 16.5. The Morgan fingerprint density at radius 2 is 1.04 bits per heavy atom. The minimum Gasteiger partial charge on any atom is -0.490 e. The van der Waals surface area contributed by atoms with E-state index in [-0.39, 0.29) is 0 Å². The molecule has 1 aromatic carbocycles. The van der Waals surface area contributed by atoms with Crippen LogP contribution in [0.2, 0.25) is 0 Å². The lowest BCUT2D eigenvalue weighted by molar-refractivity contribution is 0.235. The molecule has 2 aliphatic rings. The monoisotopic (exact) mass is 711 g/mol. The second-order valence-corrected chi connectivity index (χ2v) is 13.4. The van der Waals surface area contributed by atoms with Gasteiger partial charge in [-0.3, -0.25) is 0 Å². The van der Waals surface area contributed by atoms with Gasteiger partial charge in [0.15, 0.2) is 11.5 Å². The van der Waals surface area contributed by atoms with Gasteiger partial charge in [0, 0.05) is 40.0 Å². The van der Waals surface area contributed by atoms with E-state index in [2.05, 4.69) is 102 Å². The van der Waals surface area contributed by atoms with Crippen molar-refractivity contribution in [3.8, 4) is 17.2 Å². The Morgan fingerprint density at radius 1 is 0.528 bits per heavy atom. The standard InChI is InChI=1S/C41H48N4O3.C4H5N/c1-4-7-10-19-46-39-22-29(23-40(47-20-11-8-5-2)41(39)48-21-12-9-6-3)37-27-36-26-34-16-15-32(43-34)24-30-13-14-31(42-30)25-33-17-18-35(44-33)28-38(37)45-36;1-2-4-5-3-1/h13-18,22-28,42-43H,4-12,19-21H2,1-3H3;1-5H. The van der Waals surface area contributed by atoms with Crippen LogP contribution in [0, 0.1) is 0 Å². The van der Waals surface area contributed by atoms with Gasteiger partial charge in [0.1, 0.15) is 0 Å². The molecule has 0 spiro atoms. The summed E-state index contributed by atoms with van der Waals surface area (Å²) in [5.41, 5.74) is 9.40. The normalized spacial score (nSPS) is 11.9. The van der Waals surface area contributed by atoms with E-state index in [1.54, 1.807) is 0 Å². The number of ether oxygens (including phenoxy) is 3. The van der Waals surface area contributed by atoms with Crippen molar-refractivity contribution < 1.29 is 14.2 Å². The number of unbranched alkanes of at least 4 members (excludes halogenated alkanes) is 6. The second-order valence-electron chi connectivity index (χ2n) is 13.4. The first-order chi connectivity index (χ1) is 26.1. The fourth-order valence-corrected chi connectivity index (χ4v) is 6.21. The number of nitrogens with zero attached hydrogens (tertiary/aromatic N) is 2. The third-order valence-electron chi connectivity index (χ3n) is 9.00. The van der Waals surface area contributed by atoms with Crippen molar-refractivity contribution in [1.82, 2.24) is 24.9 Å². The number of hydrogen-bond acceptors (Lipinski definition) is 5. The fourth-order valence-electron chi connectivity index (χ4n) is 6.21. The molecule has 8 heteroatoms. The lowest BCUT2D eigenvalue weighted by Gasteiger charge is -2.19. The van der Waals surface area contributed by atoms with Gasteiger partial charge in [-0.15, -0.1) is 0 Å². The number of rotatable bonds is 16. The van der Waals surface area contributed by atoms with E-state index >= 15 is 0 Å². The maximum atomic E-state index is 6.48. The molecular weight excluding hydrogens is 659 g/mol. The number of fused-ring (bicyclic) bond motifs is 8. The molecule has 53 heavy (non-hydrogen) atoms. The number of H-pyrrole nitrogens is 3. The average molecular weight is 712 g/mol. The highest BCUT2D eigenvalue weighted by Gasteiger charge is 2.21. The molecule has 2 aliphatic heterocycles. The van der Waals surface area contributed by atoms with Gasteiger partial charge in [-0.1, -0.05) is 59.3 Å². The summed E-state index contributed by atoms with van der Waals surface area (Å²) in [5.74, 6) is 2.14. The Morgan fingerprint density at radius 3 is 1.57 bits per heavy atom. The molecule has 4 aromatic heterocycles. The molecule has 0 saturated carbocycles. The van der Waals surface area contributed by atoms with E-state index in [0.29, 0.717) is 25.6 Å². The summed E-state index contributed by atoms with van der Waals surface area (Å²) in [6.07, 6.45) is 19.7. The van der Waals surface area contributed by atoms with Gasteiger partial charge in [-0.2, -0.15) is 0 Å². The molecule has 0 amide bonds. The maximum absolute atomic E-state index is 6.48. The summed E-state index contributed by atoms with van der Waals surface area (Å²) in [5, 5.41) is 0. The molecule has 7 rings (SSSR count). The highest BCUT2D eigenvalue weighted by Crippen LogP contribution is 2.43. The molecule has 0 fully saturated rings. The smallest absolute Gasteiger partial charge is 0.203 e. The average Bonchev–Trinajstić information content (AvgIpc) is 4.02. The van der Waals surface area contributed by atoms with Gasteiger partial charge in [-0.05, 0) is 116 Å². The van der Waals surface area contributed by atoms with Crippen LogP contribution in [-0.2, 0) is 0 Å². The van der Waals surface area contributed by atoms with Crippen molar-refractivity contribution in [1.29, 1.82) is 0 Å². The Hall–Kier alpha value is -5.50. The first kappa shape index (κ1) is 37.3. The maximum Gasteiger partial charge on any atom is 0.203 e. The summed E-state index contributed by atoms with van der Waals surface area (Å²) in [7, 11) is 0. The van der Waals surface area contributed by atoms with Crippen LogP contribution >= 0.6 is 0 Å². The van der Waals surface area contributed by atoms with Crippen LogP contribution in [-0.4, -0.2) is 44.7 Å². The molecule has 0 aliphatic carbocycles. The first-order valence-corrected chi connectivity index (χ1v) is 19.3. The van der Waals surface area contributed by atoms with E-state index in [1.807, 2.05) is 36.7 Å². The zero-order valence-electron chi connectivity index (χ0n) is 31.4. The van der Waals surface area contributed by atoms with Gasteiger partial charge in [-0.25, -0.2) is 9.97 Å². The van der Waals surface area contributed by atoms with Crippen molar-refractivity contribution in [2.75, 3.05) is 19.8 Å². The van der Waals surface area contributed by atoms with Gasteiger partial charge in [0.25, 0.3) is 0 Å². The van der Waals surface area contributed by atoms with Crippen molar-refractivity contribution in [3.05, 3.63) is 114 Å². The Kier molecular flexibility index (Phi) is 13.6. The number of aromatic nitrogens is 5. The Labute approximate surface area is 313 Å². The van der Waals surface area contributed by atoms with Crippen LogP contribution in [0.1, 0.15) is 107 Å². The highest BCUT2D eigenvalue weighted by molar-refractivity contribution is 5.94. The summed E-state index contributed by atoms with van der Waals surface area (Å²) < 4.78 is 19.4. The van der Waals surface area contributed by atoms with E-state index in [1.165, 1.54) is 0 Å².